The van der Waals surface area contributed by atoms with Crippen LogP contribution in [-0.2, 0) is 4.79 Å². The smallest absolute Gasteiger partial charge is 0.422 e. The normalized spacial score (nSPS) is 10.7. The number of ether oxygens (including phenoxy) is 1. The van der Waals surface area contributed by atoms with Crippen LogP contribution in [0.2, 0.25) is 0 Å². The van der Waals surface area contributed by atoms with Crippen LogP contribution in [0, 0.1) is 5.82 Å². The largest absolute Gasteiger partial charge is 0.482 e. The number of halogens is 5. The maximum absolute atomic E-state index is 13.0. The summed E-state index contributed by atoms with van der Waals surface area (Å²) in [4.78, 5) is 11.3. The first-order valence-corrected chi connectivity index (χ1v) is 5.25. The van der Waals surface area contributed by atoms with Crippen LogP contribution >= 0.6 is 12.4 Å². The van der Waals surface area contributed by atoms with Gasteiger partial charge in [-0.2, -0.15) is 13.2 Å². The molecule has 1 rings (SSSR count). The molecular formula is C11H13ClF4N2O2. The molecular weight excluding hydrogens is 304 g/mol. The van der Waals surface area contributed by atoms with E-state index < -0.39 is 24.5 Å². The van der Waals surface area contributed by atoms with Gasteiger partial charge in [-0.1, -0.05) is 0 Å². The summed E-state index contributed by atoms with van der Waals surface area (Å²) >= 11 is 0. The molecule has 2 N–H and O–H groups in total. The van der Waals surface area contributed by atoms with Crippen LogP contribution in [0.25, 0.3) is 0 Å². The van der Waals surface area contributed by atoms with Crippen molar-refractivity contribution in [2.75, 3.05) is 25.5 Å². The number of anilines is 1. The van der Waals surface area contributed by atoms with Crippen LogP contribution in [-0.4, -0.2) is 32.3 Å². The minimum Gasteiger partial charge on any atom is -0.482 e. The predicted octanol–water partition coefficient (Wildman–Crippen LogP) is 2.35. The Bertz CT molecular complexity index is 455. The highest BCUT2D eigenvalue weighted by Crippen LogP contribution is 2.27. The van der Waals surface area contributed by atoms with Crippen molar-refractivity contribution in [3.8, 4) is 5.75 Å². The van der Waals surface area contributed by atoms with Crippen LogP contribution in [0.3, 0.4) is 0 Å². The molecule has 1 amide bonds. The Morgan fingerprint density at radius 1 is 1.35 bits per heavy atom. The van der Waals surface area contributed by atoms with Gasteiger partial charge in [0.2, 0.25) is 5.91 Å². The average Bonchev–Trinajstić information content (AvgIpc) is 2.27. The van der Waals surface area contributed by atoms with Crippen LogP contribution in [0.15, 0.2) is 18.2 Å². The van der Waals surface area contributed by atoms with Gasteiger partial charge in [0.1, 0.15) is 11.6 Å². The van der Waals surface area contributed by atoms with Gasteiger partial charge in [-0.25, -0.2) is 4.39 Å². The van der Waals surface area contributed by atoms with E-state index in [0.29, 0.717) is 0 Å². The zero-order valence-electron chi connectivity index (χ0n) is 10.4. The molecule has 0 bridgehead atoms. The molecule has 0 atom stereocenters. The van der Waals surface area contributed by atoms with E-state index in [4.69, 9.17) is 0 Å². The molecule has 9 heteroatoms. The molecule has 114 valence electrons. The lowest BCUT2D eigenvalue weighted by Crippen LogP contribution is -2.26. The van der Waals surface area contributed by atoms with E-state index in [1.807, 2.05) is 0 Å². The first-order chi connectivity index (χ1) is 8.81. The van der Waals surface area contributed by atoms with Crippen LogP contribution in [0.1, 0.15) is 0 Å². The second-order valence-electron chi connectivity index (χ2n) is 3.62. The molecule has 0 aromatic heterocycles. The van der Waals surface area contributed by atoms with E-state index in [1.165, 1.54) is 7.05 Å². The van der Waals surface area contributed by atoms with Gasteiger partial charge in [-0.3, -0.25) is 4.79 Å². The second kappa shape index (κ2) is 7.91. The molecule has 0 aliphatic rings. The third-order valence-electron chi connectivity index (χ3n) is 1.94. The monoisotopic (exact) mass is 316 g/mol. The summed E-state index contributed by atoms with van der Waals surface area (Å²) in [5, 5.41) is 4.81. The van der Waals surface area contributed by atoms with Gasteiger partial charge < -0.3 is 15.4 Å². The van der Waals surface area contributed by atoms with Gasteiger partial charge in [-0.15, -0.1) is 12.4 Å². The minimum atomic E-state index is -4.51. The van der Waals surface area contributed by atoms with Crippen LogP contribution in [0.4, 0.5) is 23.2 Å². The maximum atomic E-state index is 13.0. The van der Waals surface area contributed by atoms with Gasteiger partial charge >= 0.3 is 6.18 Å². The second-order valence-corrected chi connectivity index (χ2v) is 3.62. The Labute approximate surface area is 118 Å². The summed E-state index contributed by atoms with van der Waals surface area (Å²) < 4.78 is 53.6. The molecule has 0 saturated carbocycles. The Hall–Kier alpha value is -1.54. The number of hydrogen-bond donors (Lipinski definition) is 2. The van der Waals surface area contributed by atoms with Gasteiger partial charge in [0.25, 0.3) is 0 Å². The Balaban J connectivity index is 0.00000361. The molecule has 1 aromatic rings. The van der Waals surface area contributed by atoms with Crippen molar-refractivity contribution >= 4 is 24.0 Å². The molecule has 0 heterocycles. The van der Waals surface area contributed by atoms with Crippen molar-refractivity contribution in [1.29, 1.82) is 0 Å². The number of amides is 1. The number of rotatable bonds is 5. The van der Waals surface area contributed by atoms with E-state index in [9.17, 15) is 22.4 Å². The number of benzene rings is 1. The number of nitrogens with one attached hydrogen (secondary N) is 2. The standard InChI is InChI=1S/C11H12F4N2O2.ClH/c1-16-5-10(18)17-8-4-7(12)2-3-9(8)19-6-11(13,14)15;/h2-4,16H,5-6H2,1H3,(H,17,18);1H. The van der Waals surface area contributed by atoms with Crippen LogP contribution < -0.4 is 15.4 Å². The highest BCUT2D eigenvalue weighted by molar-refractivity contribution is 5.93. The fourth-order valence-corrected chi connectivity index (χ4v) is 1.24. The molecule has 0 unspecified atom stereocenters. The number of carbonyl (C=O) groups excluding carboxylic acids is 1. The predicted molar refractivity (Wildman–Crippen MR) is 67.8 cm³/mol. The number of alkyl halides is 3. The van der Waals surface area contributed by atoms with Gasteiger partial charge in [0, 0.05) is 6.07 Å². The lowest BCUT2D eigenvalue weighted by atomic mass is 10.2. The highest BCUT2D eigenvalue weighted by Gasteiger charge is 2.29. The topological polar surface area (TPSA) is 50.4 Å². The molecule has 0 aliphatic carbocycles. The van der Waals surface area contributed by atoms with E-state index in [1.54, 1.807) is 0 Å². The molecule has 1 aromatic carbocycles. The Morgan fingerprint density at radius 2 is 2.00 bits per heavy atom. The van der Waals surface area contributed by atoms with Crippen molar-refractivity contribution in [1.82, 2.24) is 5.32 Å². The summed E-state index contributed by atoms with van der Waals surface area (Å²) in [6.07, 6.45) is -4.51. The maximum Gasteiger partial charge on any atom is 0.422 e. The Kier molecular flexibility index (Phi) is 7.30. The summed E-state index contributed by atoms with van der Waals surface area (Å²) in [5.41, 5.74) is -0.149. The van der Waals surface area contributed by atoms with Gasteiger partial charge in [0.15, 0.2) is 6.61 Å². The average molecular weight is 317 g/mol. The fourth-order valence-electron chi connectivity index (χ4n) is 1.24. The van der Waals surface area contributed by atoms with E-state index in [0.717, 1.165) is 18.2 Å². The number of hydrogen-bond acceptors (Lipinski definition) is 3. The van der Waals surface area contributed by atoms with Crippen molar-refractivity contribution in [2.24, 2.45) is 0 Å². The van der Waals surface area contributed by atoms with Crippen molar-refractivity contribution in [2.45, 2.75) is 6.18 Å². The summed E-state index contributed by atoms with van der Waals surface area (Å²) in [6.45, 7) is -1.58. The van der Waals surface area contributed by atoms with Crippen LogP contribution in [0.5, 0.6) is 5.75 Å². The molecule has 0 saturated heterocycles. The molecule has 0 spiro atoms. The summed E-state index contributed by atoms with van der Waals surface area (Å²) in [7, 11) is 1.52. The van der Waals surface area contributed by atoms with Gasteiger partial charge in [0.05, 0.1) is 12.2 Å². The number of likely N-dealkylation sites (N-methyl/N-ethyl adjacent to an activating group) is 1. The zero-order valence-corrected chi connectivity index (χ0v) is 11.2. The van der Waals surface area contributed by atoms with E-state index in [-0.39, 0.29) is 30.4 Å². The Morgan fingerprint density at radius 3 is 2.55 bits per heavy atom. The molecule has 0 aliphatic heterocycles. The van der Waals surface area contributed by atoms with Crippen molar-refractivity contribution in [3.63, 3.8) is 0 Å². The number of carbonyl (C=O) groups is 1. The molecule has 20 heavy (non-hydrogen) atoms. The minimum absolute atomic E-state index is 0. The van der Waals surface area contributed by atoms with Crippen molar-refractivity contribution in [3.05, 3.63) is 24.0 Å². The summed E-state index contributed by atoms with van der Waals surface area (Å²) in [5.74, 6) is -1.47. The third kappa shape index (κ3) is 6.58. The lowest BCUT2D eigenvalue weighted by Gasteiger charge is -2.14. The molecule has 0 fully saturated rings. The molecule has 0 radical (unpaired) electrons. The quantitative estimate of drug-likeness (QED) is 0.820. The van der Waals surface area contributed by atoms with Gasteiger partial charge in [-0.05, 0) is 19.2 Å². The zero-order chi connectivity index (χ0) is 14.5. The fraction of sp³-hybridized carbons (Fsp3) is 0.364. The first-order valence-electron chi connectivity index (χ1n) is 5.25. The van der Waals surface area contributed by atoms with Crippen molar-refractivity contribution < 1.29 is 27.1 Å². The summed E-state index contributed by atoms with van der Waals surface area (Å²) in [6, 6.07) is 2.86. The molecule has 4 nitrogen and oxygen atoms in total. The SMILES string of the molecule is CNCC(=O)Nc1cc(F)ccc1OCC(F)(F)F.Cl. The van der Waals surface area contributed by atoms with E-state index in [2.05, 4.69) is 15.4 Å². The first kappa shape index (κ1) is 18.5. The third-order valence-corrected chi connectivity index (χ3v) is 1.94. The highest BCUT2D eigenvalue weighted by atomic mass is 35.5. The lowest BCUT2D eigenvalue weighted by molar-refractivity contribution is -0.153. The van der Waals surface area contributed by atoms with E-state index >= 15 is 0 Å².